The van der Waals surface area contributed by atoms with Gasteiger partial charge in [-0.1, -0.05) is 24.3 Å². The average molecular weight is 515 g/mol. The number of fused-ring (bicyclic) bond motifs is 2. The summed E-state index contributed by atoms with van der Waals surface area (Å²) in [6.07, 6.45) is 0.782. The molecule has 12 heteroatoms. The van der Waals surface area contributed by atoms with Gasteiger partial charge in [-0.2, -0.15) is 0 Å². The highest BCUT2D eigenvalue weighted by Gasteiger charge is 2.36. The second kappa shape index (κ2) is 9.86. The molecule has 1 aromatic carbocycles. The number of rotatable bonds is 6. The SMILES string of the molecule is O=C(NCCC1CN(C(=O)CC2OCCc3ccccc32)CCS1(=O)=O)c1ccc2oc(=O)[nH]c2n1. The van der Waals surface area contributed by atoms with Gasteiger partial charge >= 0.3 is 5.76 Å². The summed E-state index contributed by atoms with van der Waals surface area (Å²) in [5.41, 5.74) is 2.63. The molecule has 0 saturated carbocycles. The van der Waals surface area contributed by atoms with Crippen LogP contribution in [0.1, 0.15) is 40.6 Å². The van der Waals surface area contributed by atoms with Crippen LogP contribution in [-0.4, -0.2) is 72.3 Å². The van der Waals surface area contributed by atoms with Crippen molar-refractivity contribution in [1.29, 1.82) is 0 Å². The van der Waals surface area contributed by atoms with Gasteiger partial charge in [0.05, 0.1) is 30.1 Å². The zero-order chi connectivity index (χ0) is 25.3. The van der Waals surface area contributed by atoms with E-state index >= 15 is 0 Å². The Morgan fingerprint density at radius 3 is 2.89 bits per heavy atom. The number of aromatic amines is 1. The Balaban J connectivity index is 1.18. The zero-order valence-corrected chi connectivity index (χ0v) is 20.3. The van der Waals surface area contributed by atoms with Gasteiger partial charge in [-0.25, -0.2) is 18.2 Å². The van der Waals surface area contributed by atoms with Crippen LogP contribution < -0.4 is 11.1 Å². The predicted octanol–water partition coefficient (Wildman–Crippen LogP) is 0.966. The first-order valence-electron chi connectivity index (χ1n) is 11.8. The molecule has 0 bridgehead atoms. The van der Waals surface area contributed by atoms with Crippen LogP contribution in [-0.2, 0) is 25.8 Å². The molecule has 36 heavy (non-hydrogen) atoms. The van der Waals surface area contributed by atoms with E-state index < -0.39 is 26.8 Å². The summed E-state index contributed by atoms with van der Waals surface area (Å²) < 4.78 is 36.1. The molecule has 0 aliphatic carbocycles. The summed E-state index contributed by atoms with van der Waals surface area (Å²) in [7, 11) is -3.40. The van der Waals surface area contributed by atoms with Crippen LogP contribution >= 0.6 is 0 Å². The number of amides is 2. The first kappa shape index (κ1) is 24.2. The Labute approximate surface area is 206 Å². The summed E-state index contributed by atoms with van der Waals surface area (Å²) in [6.45, 7) is 0.854. The fourth-order valence-corrected chi connectivity index (χ4v) is 6.38. The van der Waals surface area contributed by atoms with E-state index in [1.807, 2.05) is 24.3 Å². The number of ether oxygens (including phenoxy) is 1. The summed E-state index contributed by atoms with van der Waals surface area (Å²) in [5.74, 6) is -1.44. The largest absolute Gasteiger partial charge is 0.418 e. The lowest BCUT2D eigenvalue weighted by molar-refractivity contribution is -0.134. The van der Waals surface area contributed by atoms with Crippen LogP contribution in [0.25, 0.3) is 11.2 Å². The van der Waals surface area contributed by atoms with E-state index in [2.05, 4.69) is 15.3 Å². The van der Waals surface area contributed by atoms with Crippen molar-refractivity contribution in [2.75, 3.05) is 32.0 Å². The Kier molecular flexibility index (Phi) is 6.63. The third kappa shape index (κ3) is 5.05. The lowest BCUT2D eigenvalue weighted by atomic mass is 9.95. The van der Waals surface area contributed by atoms with E-state index in [1.165, 1.54) is 17.7 Å². The topological polar surface area (TPSA) is 152 Å². The predicted molar refractivity (Wildman–Crippen MR) is 129 cm³/mol. The molecule has 5 rings (SSSR count). The number of oxazole rings is 1. The number of aromatic nitrogens is 2. The van der Waals surface area contributed by atoms with Gasteiger partial charge in [-0.05, 0) is 36.1 Å². The molecule has 2 aliphatic rings. The lowest BCUT2D eigenvalue weighted by Crippen LogP contribution is -2.50. The van der Waals surface area contributed by atoms with Gasteiger partial charge in [-0.3, -0.25) is 14.6 Å². The smallest absolute Gasteiger partial charge is 0.406 e. The summed E-state index contributed by atoms with van der Waals surface area (Å²) >= 11 is 0. The maximum absolute atomic E-state index is 13.0. The maximum atomic E-state index is 13.0. The second-order valence-corrected chi connectivity index (χ2v) is 11.3. The quantitative estimate of drug-likeness (QED) is 0.494. The van der Waals surface area contributed by atoms with Crippen LogP contribution in [0.3, 0.4) is 0 Å². The molecular formula is C24H26N4O7S. The van der Waals surface area contributed by atoms with Gasteiger partial charge in [0.1, 0.15) is 5.69 Å². The van der Waals surface area contributed by atoms with E-state index in [0.717, 1.165) is 12.0 Å². The van der Waals surface area contributed by atoms with Gasteiger partial charge < -0.3 is 19.4 Å². The number of carbonyl (C=O) groups is 2. The Bertz CT molecular complexity index is 1460. The number of benzene rings is 1. The molecular weight excluding hydrogens is 488 g/mol. The minimum atomic E-state index is -3.40. The van der Waals surface area contributed by atoms with Crippen molar-refractivity contribution < 1.29 is 27.2 Å². The van der Waals surface area contributed by atoms with Crippen LogP contribution in [0.5, 0.6) is 0 Å². The first-order valence-corrected chi connectivity index (χ1v) is 13.5. The normalized spacial score (nSPS) is 21.2. The van der Waals surface area contributed by atoms with Gasteiger partial charge in [0.15, 0.2) is 21.1 Å². The molecule has 2 N–H and O–H groups in total. The number of nitrogens with zero attached hydrogens (tertiary/aromatic N) is 2. The molecule has 1 fully saturated rings. The van der Waals surface area contributed by atoms with Gasteiger partial charge in [-0.15, -0.1) is 0 Å². The number of hydrogen-bond acceptors (Lipinski definition) is 8. The molecule has 190 valence electrons. The first-order chi connectivity index (χ1) is 17.3. The highest BCUT2D eigenvalue weighted by molar-refractivity contribution is 7.92. The summed E-state index contributed by atoms with van der Waals surface area (Å²) in [6, 6.07) is 10.8. The van der Waals surface area contributed by atoms with Crippen molar-refractivity contribution in [2.45, 2.75) is 30.6 Å². The minimum absolute atomic E-state index is 0.0654. The van der Waals surface area contributed by atoms with Crippen LogP contribution in [0.4, 0.5) is 0 Å². The van der Waals surface area contributed by atoms with Gasteiger partial charge in [0, 0.05) is 19.6 Å². The van der Waals surface area contributed by atoms with Crippen molar-refractivity contribution in [3.8, 4) is 0 Å². The molecule has 3 aromatic rings. The van der Waals surface area contributed by atoms with Gasteiger partial charge in [0.25, 0.3) is 5.91 Å². The number of pyridine rings is 1. The van der Waals surface area contributed by atoms with Crippen molar-refractivity contribution in [3.05, 3.63) is 63.8 Å². The third-order valence-electron chi connectivity index (χ3n) is 6.65. The fraction of sp³-hybridized carbons (Fsp3) is 0.417. The standard InChI is InChI=1S/C24H26N4O7S/c29-21(13-20-17-4-2-1-3-15(17)8-11-34-20)28-10-12-36(32,33)16(14-28)7-9-25-23(30)18-5-6-19-22(26-18)27-24(31)35-19/h1-6,16,20H,7-14H2,(H,25,30)(H,26,27,31). The zero-order valence-electron chi connectivity index (χ0n) is 19.4. The maximum Gasteiger partial charge on any atom is 0.418 e. The number of sulfone groups is 1. The van der Waals surface area contributed by atoms with Crippen molar-refractivity contribution in [1.82, 2.24) is 20.2 Å². The third-order valence-corrected chi connectivity index (χ3v) is 8.80. The molecule has 2 atom stereocenters. The Morgan fingerprint density at radius 2 is 2.03 bits per heavy atom. The molecule has 2 unspecified atom stereocenters. The summed E-state index contributed by atoms with van der Waals surface area (Å²) in [4.78, 5) is 44.8. The van der Waals surface area contributed by atoms with E-state index in [1.54, 1.807) is 4.90 Å². The van der Waals surface area contributed by atoms with E-state index in [-0.39, 0.29) is 67.2 Å². The van der Waals surface area contributed by atoms with Gasteiger partial charge in [0.2, 0.25) is 5.91 Å². The van der Waals surface area contributed by atoms with E-state index in [9.17, 15) is 22.8 Å². The average Bonchev–Trinajstić information content (AvgIpc) is 3.24. The van der Waals surface area contributed by atoms with Crippen molar-refractivity contribution >= 4 is 32.9 Å². The molecule has 0 radical (unpaired) electrons. The van der Waals surface area contributed by atoms with Crippen molar-refractivity contribution in [2.24, 2.45) is 0 Å². The Hall–Kier alpha value is -3.51. The molecule has 2 aliphatic heterocycles. The Morgan fingerprint density at radius 1 is 1.19 bits per heavy atom. The van der Waals surface area contributed by atoms with Crippen LogP contribution in [0, 0.1) is 0 Å². The van der Waals surface area contributed by atoms with Crippen LogP contribution in [0.15, 0.2) is 45.6 Å². The molecule has 1 saturated heterocycles. The molecule has 11 nitrogen and oxygen atoms in total. The minimum Gasteiger partial charge on any atom is -0.406 e. The summed E-state index contributed by atoms with van der Waals surface area (Å²) in [5, 5.41) is 1.88. The molecule has 2 aromatic heterocycles. The number of carbonyl (C=O) groups excluding carboxylic acids is 2. The fourth-order valence-electron chi connectivity index (χ4n) is 4.69. The second-order valence-electron chi connectivity index (χ2n) is 8.94. The monoisotopic (exact) mass is 514 g/mol. The van der Waals surface area contributed by atoms with E-state index in [0.29, 0.717) is 6.61 Å². The molecule has 0 spiro atoms. The highest BCUT2D eigenvalue weighted by atomic mass is 32.2. The van der Waals surface area contributed by atoms with Crippen LogP contribution in [0.2, 0.25) is 0 Å². The van der Waals surface area contributed by atoms with Crippen molar-refractivity contribution in [3.63, 3.8) is 0 Å². The lowest BCUT2D eigenvalue weighted by Gasteiger charge is -2.34. The molecule has 2 amide bonds. The number of hydrogen-bond donors (Lipinski definition) is 2. The number of nitrogens with one attached hydrogen (secondary N) is 2. The highest BCUT2D eigenvalue weighted by Crippen LogP contribution is 2.30. The molecule has 4 heterocycles. The number of H-pyrrole nitrogens is 1. The van der Waals surface area contributed by atoms with E-state index in [4.69, 9.17) is 9.15 Å².